The Bertz CT molecular complexity index is 1140. The normalized spacial score (nSPS) is 17.1. The lowest BCUT2D eigenvalue weighted by atomic mass is 9.97. The Balaban J connectivity index is 1.41. The van der Waals surface area contributed by atoms with E-state index in [1.54, 1.807) is 44.4 Å². The SMILES string of the molecule is CN(C)C(=O)c1ccccc1NC(=O)C1CCN(S(=O)(=O)c2ccc3c(c2)CCC3)CC1. The van der Waals surface area contributed by atoms with Crippen LogP contribution in [0.25, 0.3) is 0 Å². The van der Waals surface area contributed by atoms with Crippen LogP contribution in [0.1, 0.15) is 40.7 Å². The molecule has 0 atom stereocenters. The van der Waals surface area contributed by atoms with Gasteiger partial charge in [-0.05, 0) is 67.5 Å². The number of anilines is 1. The van der Waals surface area contributed by atoms with Crippen molar-refractivity contribution in [3.8, 4) is 0 Å². The maximum atomic E-state index is 13.1. The third kappa shape index (κ3) is 4.42. The van der Waals surface area contributed by atoms with Crippen LogP contribution in [-0.2, 0) is 27.7 Å². The van der Waals surface area contributed by atoms with Crippen LogP contribution < -0.4 is 5.32 Å². The van der Waals surface area contributed by atoms with Crippen LogP contribution in [0.5, 0.6) is 0 Å². The molecule has 32 heavy (non-hydrogen) atoms. The van der Waals surface area contributed by atoms with Crippen molar-refractivity contribution in [2.75, 3.05) is 32.5 Å². The first-order valence-corrected chi connectivity index (χ1v) is 12.4. The van der Waals surface area contributed by atoms with E-state index >= 15 is 0 Å². The number of carbonyl (C=O) groups is 2. The molecule has 2 amide bonds. The molecule has 2 aliphatic rings. The number of amides is 2. The summed E-state index contributed by atoms with van der Waals surface area (Å²) in [5, 5.41) is 2.88. The van der Waals surface area contributed by atoms with E-state index in [1.807, 2.05) is 12.1 Å². The average Bonchev–Trinajstić information content (AvgIpc) is 3.27. The number of fused-ring (bicyclic) bond motifs is 1. The molecule has 1 fully saturated rings. The van der Waals surface area contributed by atoms with E-state index in [-0.39, 0.29) is 17.7 Å². The first-order valence-electron chi connectivity index (χ1n) is 11.0. The molecular formula is C24H29N3O4S. The summed E-state index contributed by atoms with van der Waals surface area (Å²) in [7, 11) is -0.238. The molecule has 4 rings (SSSR count). The Kier molecular flexibility index (Phi) is 6.35. The van der Waals surface area contributed by atoms with Gasteiger partial charge < -0.3 is 10.2 Å². The fourth-order valence-corrected chi connectivity index (χ4v) is 5.99. The van der Waals surface area contributed by atoms with Crippen LogP contribution >= 0.6 is 0 Å². The summed E-state index contributed by atoms with van der Waals surface area (Å²) in [6, 6.07) is 12.4. The fourth-order valence-electron chi connectivity index (χ4n) is 4.47. The largest absolute Gasteiger partial charge is 0.345 e. The van der Waals surface area contributed by atoms with E-state index in [4.69, 9.17) is 0 Å². The Morgan fingerprint density at radius 3 is 2.41 bits per heavy atom. The van der Waals surface area contributed by atoms with Gasteiger partial charge in [-0.3, -0.25) is 9.59 Å². The number of sulfonamides is 1. The van der Waals surface area contributed by atoms with Gasteiger partial charge in [0.2, 0.25) is 15.9 Å². The first-order chi connectivity index (χ1) is 15.3. The van der Waals surface area contributed by atoms with E-state index in [0.717, 1.165) is 24.8 Å². The second kappa shape index (κ2) is 9.03. The predicted molar refractivity (Wildman–Crippen MR) is 123 cm³/mol. The zero-order valence-electron chi connectivity index (χ0n) is 18.5. The Hall–Kier alpha value is -2.71. The number of nitrogens with zero attached hydrogens (tertiary/aromatic N) is 2. The average molecular weight is 456 g/mol. The molecule has 1 aliphatic heterocycles. The van der Waals surface area contributed by atoms with Gasteiger partial charge in [-0.2, -0.15) is 4.31 Å². The summed E-state index contributed by atoms with van der Waals surface area (Å²) in [6.07, 6.45) is 3.90. The molecule has 1 aliphatic carbocycles. The Labute approximate surface area is 189 Å². The van der Waals surface area contributed by atoms with Crippen molar-refractivity contribution in [3.63, 3.8) is 0 Å². The third-order valence-corrected chi connectivity index (χ3v) is 8.25. The van der Waals surface area contributed by atoms with Crippen LogP contribution in [0.2, 0.25) is 0 Å². The minimum Gasteiger partial charge on any atom is -0.345 e. The van der Waals surface area contributed by atoms with Crippen LogP contribution in [0, 0.1) is 5.92 Å². The number of para-hydroxylation sites is 1. The number of carbonyl (C=O) groups excluding carboxylic acids is 2. The first kappa shape index (κ1) is 22.5. The summed E-state index contributed by atoms with van der Waals surface area (Å²) in [4.78, 5) is 27.1. The van der Waals surface area contributed by atoms with E-state index in [9.17, 15) is 18.0 Å². The number of hydrogen-bond donors (Lipinski definition) is 1. The van der Waals surface area contributed by atoms with Gasteiger partial charge in [-0.15, -0.1) is 0 Å². The van der Waals surface area contributed by atoms with Gasteiger partial charge in [0, 0.05) is 33.1 Å². The van der Waals surface area contributed by atoms with Gasteiger partial charge in [0.15, 0.2) is 0 Å². The van der Waals surface area contributed by atoms with E-state index < -0.39 is 10.0 Å². The Morgan fingerprint density at radius 2 is 1.69 bits per heavy atom. The number of aryl methyl sites for hydroxylation is 2. The zero-order valence-corrected chi connectivity index (χ0v) is 19.3. The van der Waals surface area contributed by atoms with Crippen molar-refractivity contribution in [3.05, 3.63) is 59.2 Å². The second-order valence-corrected chi connectivity index (χ2v) is 10.6. The molecule has 2 aromatic carbocycles. The molecule has 7 nitrogen and oxygen atoms in total. The molecule has 1 heterocycles. The summed E-state index contributed by atoms with van der Waals surface area (Å²) >= 11 is 0. The summed E-state index contributed by atoms with van der Waals surface area (Å²) in [6.45, 7) is 0.603. The topological polar surface area (TPSA) is 86.8 Å². The Morgan fingerprint density at radius 1 is 1.00 bits per heavy atom. The van der Waals surface area contributed by atoms with Crippen molar-refractivity contribution in [2.45, 2.75) is 37.0 Å². The van der Waals surface area contributed by atoms with E-state index in [1.165, 1.54) is 14.8 Å². The van der Waals surface area contributed by atoms with Gasteiger partial charge >= 0.3 is 0 Å². The van der Waals surface area contributed by atoms with Crippen LogP contribution in [0.4, 0.5) is 5.69 Å². The van der Waals surface area contributed by atoms with Crippen molar-refractivity contribution in [1.29, 1.82) is 0 Å². The number of nitrogens with one attached hydrogen (secondary N) is 1. The molecule has 8 heteroatoms. The molecule has 1 saturated heterocycles. The van der Waals surface area contributed by atoms with Gasteiger partial charge in [-0.25, -0.2) is 8.42 Å². The molecule has 0 spiro atoms. The van der Waals surface area contributed by atoms with Crippen LogP contribution in [-0.4, -0.2) is 56.6 Å². The van der Waals surface area contributed by atoms with Crippen molar-refractivity contribution < 1.29 is 18.0 Å². The maximum absolute atomic E-state index is 13.1. The number of rotatable bonds is 5. The van der Waals surface area contributed by atoms with Crippen LogP contribution in [0.15, 0.2) is 47.4 Å². The highest BCUT2D eigenvalue weighted by Crippen LogP contribution is 2.29. The lowest BCUT2D eigenvalue weighted by Crippen LogP contribution is -2.41. The highest BCUT2D eigenvalue weighted by molar-refractivity contribution is 7.89. The smallest absolute Gasteiger partial charge is 0.255 e. The molecule has 0 bridgehead atoms. The highest BCUT2D eigenvalue weighted by atomic mass is 32.2. The monoisotopic (exact) mass is 455 g/mol. The van der Waals surface area contributed by atoms with E-state index in [0.29, 0.717) is 42.1 Å². The van der Waals surface area contributed by atoms with Crippen molar-refractivity contribution >= 4 is 27.5 Å². The third-order valence-electron chi connectivity index (χ3n) is 6.35. The number of hydrogen-bond acceptors (Lipinski definition) is 4. The second-order valence-electron chi connectivity index (χ2n) is 8.70. The molecule has 170 valence electrons. The molecule has 0 aromatic heterocycles. The highest BCUT2D eigenvalue weighted by Gasteiger charge is 2.33. The molecule has 0 radical (unpaired) electrons. The zero-order chi connectivity index (χ0) is 22.9. The quantitative estimate of drug-likeness (QED) is 0.751. The van der Waals surface area contributed by atoms with Gasteiger partial charge in [0.25, 0.3) is 5.91 Å². The summed E-state index contributed by atoms with van der Waals surface area (Å²) < 4.78 is 27.7. The van der Waals surface area contributed by atoms with Gasteiger partial charge in [0.1, 0.15) is 0 Å². The molecular weight excluding hydrogens is 426 g/mol. The molecule has 2 aromatic rings. The maximum Gasteiger partial charge on any atom is 0.255 e. The summed E-state index contributed by atoms with van der Waals surface area (Å²) in [5.41, 5.74) is 3.28. The van der Waals surface area contributed by atoms with Crippen molar-refractivity contribution in [2.24, 2.45) is 5.92 Å². The number of piperidine rings is 1. The van der Waals surface area contributed by atoms with Gasteiger partial charge in [-0.1, -0.05) is 18.2 Å². The summed E-state index contributed by atoms with van der Waals surface area (Å²) in [5.74, 6) is -0.668. The lowest BCUT2D eigenvalue weighted by molar-refractivity contribution is -0.120. The molecule has 0 unspecified atom stereocenters. The minimum atomic E-state index is -3.57. The van der Waals surface area contributed by atoms with Gasteiger partial charge in [0.05, 0.1) is 16.1 Å². The van der Waals surface area contributed by atoms with Crippen molar-refractivity contribution in [1.82, 2.24) is 9.21 Å². The molecule has 1 N–H and O–H groups in total. The predicted octanol–water partition coefficient (Wildman–Crippen LogP) is 2.92. The number of benzene rings is 2. The standard InChI is InChI=1S/C24H29N3O4S/c1-26(2)24(29)21-8-3-4-9-22(21)25-23(28)18-12-14-27(15-13-18)32(30,31)20-11-10-17-6-5-7-19(17)16-20/h3-4,8-11,16,18H,5-7,12-15H2,1-2H3,(H,25,28). The van der Waals surface area contributed by atoms with Crippen LogP contribution in [0.3, 0.4) is 0 Å². The van der Waals surface area contributed by atoms with E-state index in [2.05, 4.69) is 5.32 Å². The fraction of sp³-hybridized carbons (Fsp3) is 0.417. The lowest BCUT2D eigenvalue weighted by Gasteiger charge is -2.30. The minimum absolute atomic E-state index is 0.182. The molecule has 0 saturated carbocycles.